The lowest BCUT2D eigenvalue weighted by molar-refractivity contribution is -0.136. The second-order valence-electron chi connectivity index (χ2n) is 4.12. The van der Waals surface area contributed by atoms with E-state index in [1.165, 1.54) is 11.8 Å². The zero-order valence-corrected chi connectivity index (χ0v) is 10.4. The van der Waals surface area contributed by atoms with Crippen molar-refractivity contribution in [3.63, 3.8) is 0 Å². The van der Waals surface area contributed by atoms with Gasteiger partial charge in [-0.15, -0.1) is 11.8 Å². The van der Waals surface area contributed by atoms with E-state index in [4.69, 9.17) is 10.5 Å². The van der Waals surface area contributed by atoms with Crippen molar-refractivity contribution in [2.24, 2.45) is 5.92 Å². The molecular weight excluding hydrogens is 238 g/mol. The molecule has 1 fully saturated rings. The minimum absolute atomic E-state index is 0.291. The molecule has 0 aliphatic heterocycles. The average Bonchev–Trinajstić information content (AvgIpc) is 3.10. The van der Waals surface area contributed by atoms with Crippen molar-refractivity contribution in [2.45, 2.75) is 23.0 Å². The fourth-order valence-electron chi connectivity index (χ4n) is 1.67. The molecule has 2 rings (SSSR count). The minimum Gasteiger partial charge on any atom is -0.496 e. The summed E-state index contributed by atoms with van der Waals surface area (Å²) in [4.78, 5) is 12.0. The summed E-state index contributed by atoms with van der Waals surface area (Å²) in [5.74, 6) is 0.179. The summed E-state index contributed by atoms with van der Waals surface area (Å²) < 4.78 is 5.21. The first-order valence-corrected chi connectivity index (χ1v) is 6.32. The summed E-state index contributed by atoms with van der Waals surface area (Å²) in [6, 6.07) is 5.29. The standard InChI is InChI=1S/C12H15NO3S/c1-16-9-6-8(13)4-5-10(9)17-11(12(14)15)7-2-3-7/h4-7,11H,2-3,13H2,1H3,(H,14,15). The molecule has 3 N–H and O–H groups in total. The van der Waals surface area contributed by atoms with Crippen molar-refractivity contribution in [3.05, 3.63) is 18.2 Å². The van der Waals surface area contributed by atoms with Gasteiger partial charge in [0.25, 0.3) is 0 Å². The number of carboxylic acid groups (broad SMARTS) is 1. The summed E-state index contributed by atoms with van der Waals surface area (Å²) in [6.07, 6.45) is 2.00. The number of methoxy groups -OCH3 is 1. The maximum atomic E-state index is 11.2. The monoisotopic (exact) mass is 253 g/mol. The molecule has 0 spiro atoms. The molecule has 1 unspecified atom stereocenters. The van der Waals surface area contributed by atoms with Gasteiger partial charge in [0.2, 0.25) is 0 Å². The molecule has 0 radical (unpaired) electrons. The Hall–Kier alpha value is -1.36. The van der Waals surface area contributed by atoms with Crippen LogP contribution in [0.3, 0.4) is 0 Å². The Balaban J connectivity index is 2.18. The second kappa shape index (κ2) is 4.87. The number of hydrogen-bond donors (Lipinski definition) is 2. The zero-order chi connectivity index (χ0) is 12.4. The quantitative estimate of drug-likeness (QED) is 0.622. The number of carbonyl (C=O) groups is 1. The number of thioether (sulfide) groups is 1. The minimum atomic E-state index is -0.753. The lowest BCUT2D eigenvalue weighted by Gasteiger charge is -2.13. The molecule has 1 saturated carbocycles. The summed E-state index contributed by atoms with van der Waals surface area (Å²) in [5, 5.41) is 8.79. The van der Waals surface area contributed by atoms with Crippen LogP contribution in [0.4, 0.5) is 5.69 Å². The Morgan fingerprint density at radius 2 is 2.29 bits per heavy atom. The summed E-state index contributed by atoms with van der Waals surface area (Å²) >= 11 is 1.35. The van der Waals surface area contributed by atoms with Gasteiger partial charge in [0, 0.05) is 11.8 Å². The lowest BCUT2D eigenvalue weighted by Crippen LogP contribution is -2.18. The number of anilines is 1. The third kappa shape index (κ3) is 2.85. The van der Waals surface area contributed by atoms with Gasteiger partial charge in [0.15, 0.2) is 0 Å². The van der Waals surface area contributed by atoms with Crippen molar-refractivity contribution in [2.75, 3.05) is 12.8 Å². The van der Waals surface area contributed by atoms with E-state index in [-0.39, 0.29) is 5.25 Å². The summed E-state index contributed by atoms with van der Waals surface area (Å²) in [6.45, 7) is 0. The number of aliphatic carboxylic acids is 1. The third-order valence-corrected chi connectivity index (χ3v) is 4.17. The number of ether oxygens (including phenoxy) is 1. The average molecular weight is 253 g/mol. The van der Waals surface area contributed by atoms with Crippen LogP contribution in [0, 0.1) is 5.92 Å². The molecule has 1 aromatic carbocycles. The van der Waals surface area contributed by atoms with E-state index >= 15 is 0 Å². The van der Waals surface area contributed by atoms with Crippen molar-refractivity contribution in [1.82, 2.24) is 0 Å². The lowest BCUT2D eigenvalue weighted by atomic mass is 10.3. The Morgan fingerprint density at radius 3 is 2.82 bits per heavy atom. The van der Waals surface area contributed by atoms with E-state index in [0.29, 0.717) is 17.4 Å². The van der Waals surface area contributed by atoms with Gasteiger partial charge in [0.1, 0.15) is 11.0 Å². The van der Waals surface area contributed by atoms with Gasteiger partial charge in [-0.25, -0.2) is 0 Å². The van der Waals surface area contributed by atoms with Gasteiger partial charge in [-0.2, -0.15) is 0 Å². The van der Waals surface area contributed by atoms with E-state index in [0.717, 1.165) is 17.7 Å². The Kier molecular flexibility index (Phi) is 3.47. The molecule has 1 aromatic rings. The number of benzene rings is 1. The van der Waals surface area contributed by atoms with Crippen LogP contribution in [-0.4, -0.2) is 23.4 Å². The zero-order valence-electron chi connectivity index (χ0n) is 9.55. The fourth-order valence-corrected chi connectivity index (χ4v) is 2.91. The van der Waals surface area contributed by atoms with Crippen molar-refractivity contribution < 1.29 is 14.6 Å². The van der Waals surface area contributed by atoms with Crippen molar-refractivity contribution in [3.8, 4) is 5.75 Å². The van der Waals surface area contributed by atoms with E-state index in [2.05, 4.69) is 0 Å². The molecule has 1 atom stereocenters. The first kappa shape index (κ1) is 12.1. The van der Waals surface area contributed by atoms with E-state index in [1.807, 2.05) is 6.07 Å². The highest BCUT2D eigenvalue weighted by Crippen LogP contribution is 2.44. The molecule has 0 amide bonds. The molecule has 1 aliphatic carbocycles. The number of rotatable bonds is 5. The number of nitrogen functional groups attached to an aromatic ring is 1. The Labute approximate surface area is 104 Å². The molecule has 0 heterocycles. The molecule has 5 heteroatoms. The van der Waals surface area contributed by atoms with Gasteiger partial charge in [-0.05, 0) is 30.9 Å². The van der Waals surface area contributed by atoms with Crippen LogP contribution >= 0.6 is 11.8 Å². The van der Waals surface area contributed by atoms with Crippen LogP contribution in [0.15, 0.2) is 23.1 Å². The maximum absolute atomic E-state index is 11.2. The van der Waals surface area contributed by atoms with Gasteiger partial charge in [0.05, 0.1) is 12.0 Å². The fraction of sp³-hybridized carbons (Fsp3) is 0.417. The Bertz CT molecular complexity index is 432. The van der Waals surface area contributed by atoms with Crippen molar-refractivity contribution >= 4 is 23.4 Å². The van der Waals surface area contributed by atoms with E-state index < -0.39 is 5.97 Å². The number of nitrogens with two attached hydrogens (primary N) is 1. The smallest absolute Gasteiger partial charge is 0.317 e. The SMILES string of the molecule is COc1cc(N)ccc1SC(C(=O)O)C1CC1. The van der Waals surface area contributed by atoms with Crippen LogP contribution in [0.2, 0.25) is 0 Å². The second-order valence-corrected chi connectivity index (χ2v) is 5.31. The molecule has 0 bridgehead atoms. The maximum Gasteiger partial charge on any atom is 0.317 e. The molecule has 0 aromatic heterocycles. The number of carboxylic acids is 1. The molecular formula is C12H15NO3S. The molecule has 1 aliphatic rings. The summed E-state index contributed by atoms with van der Waals surface area (Å²) in [5.41, 5.74) is 6.28. The van der Waals surface area contributed by atoms with Crippen LogP contribution in [-0.2, 0) is 4.79 Å². The topological polar surface area (TPSA) is 72.5 Å². The van der Waals surface area contributed by atoms with Gasteiger partial charge in [-0.3, -0.25) is 4.79 Å². The highest BCUT2D eigenvalue weighted by atomic mass is 32.2. The van der Waals surface area contributed by atoms with Gasteiger partial charge >= 0.3 is 5.97 Å². The van der Waals surface area contributed by atoms with Crippen LogP contribution in [0.5, 0.6) is 5.75 Å². The molecule has 92 valence electrons. The first-order valence-electron chi connectivity index (χ1n) is 5.45. The normalized spacial score (nSPS) is 16.5. The highest BCUT2D eigenvalue weighted by molar-refractivity contribution is 8.00. The predicted molar refractivity (Wildman–Crippen MR) is 67.4 cm³/mol. The molecule has 17 heavy (non-hydrogen) atoms. The molecule has 4 nitrogen and oxygen atoms in total. The largest absolute Gasteiger partial charge is 0.496 e. The third-order valence-electron chi connectivity index (χ3n) is 2.74. The van der Waals surface area contributed by atoms with E-state index in [9.17, 15) is 9.90 Å². The van der Waals surface area contributed by atoms with Gasteiger partial charge < -0.3 is 15.6 Å². The molecule has 0 saturated heterocycles. The summed E-state index contributed by atoms with van der Waals surface area (Å²) in [7, 11) is 1.56. The Morgan fingerprint density at radius 1 is 1.59 bits per heavy atom. The predicted octanol–water partition coefficient (Wildman–Crippen LogP) is 2.23. The highest BCUT2D eigenvalue weighted by Gasteiger charge is 2.37. The van der Waals surface area contributed by atoms with E-state index in [1.54, 1.807) is 19.2 Å². The first-order chi connectivity index (χ1) is 8.11. The van der Waals surface area contributed by atoms with Crippen LogP contribution in [0.25, 0.3) is 0 Å². The number of hydrogen-bond acceptors (Lipinski definition) is 4. The van der Waals surface area contributed by atoms with Crippen LogP contribution in [0.1, 0.15) is 12.8 Å². The van der Waals surface area contributed by atoms with Crippen LogP contribution < -0.4 is 10.5 Å². The van der Waals surface area contributed by atoms with Crippen molar-refractivity contribution in [1.29, 1.82) is 0 Å². The van der Waals surface area contributed by atoms with Gasteiger partial charge in [-0.1, -0.05) is 0 Å².